The molecule has 2 unspecified atom stereocenters. The third-order valence-electron chi connectivity index (χ3n) is 4.31. The fourth-order valence-corrected chi connectivity index (χ4v) is 3.50. The lowest BCUT2D eigenvalue weighted by molar-refractivity contribution is -0.121. The zero-order valence-corrected chi connectivity index (χ0v) is 13.7. The number of carbonyl (C=O) groups is 1. The van der Waals surface area contributed by atoms with Crippen molar-refractivity contribution in [2.45, 2.75) is 53.0 Å². The Hall–Kier alpha value is -0.940. The maximum absolute atomic E-state index is 12.3. The minimum absolute atomic E-state index is 0.0653. The summed E-state index contributed by atoms with van der Waals surface area (Å²) in [6.07, 6.45) is 3.70. The molecule has 0 bridgehead atoms. The van der Waals surface area contributed by atoms with Crippen molar-refractivity contribution in [3.63, 3.8) is 0 Å². The molecule has 0 spiro atoms. The number of piperidine rings is 1. The average molecular weight is 295 g/mol. The van der Waals surface area contributed by atoms with E-state index >= 15 is 0 Å². The van der Waals surface area contributed by atoms with Gasteiger partial charge in [0.15, 0.2) is 5.13 Å². The lowest BCUT2D eigenvalue weighted by atomic mass is 9.94. The maximum Gasteiger partial charge on any atom is 0.243 e. The van der Waals surface area contributed by atoms with Gasteiger partial charge in [0, 0.05) is 11.4 Å². The molecule has 0 saturated carbocycles. The molecule has 1 fully saturated rings. The van der Waals surface area contributed by atoms with Crippen molar-refractivity contribution in [3.05, 3.63) is 10.6 Å². The summed E-state index contributed by atoms with van der Waals surface area (Å²) in [7, 11) is 0. The highest BCUT2D eigenvalue weighted by atomic mass is 32.1. The molecule has 1 N–H and O–H groups in total. The van der Waals surface area contributed by atoms with Crippen LogP contribution < -0.4 is 5.32 Å². The van der Waals surface area contributed by atoms with Gasteiger partial charge in [-0.15, -0.1) is 11.3 Å². The molecule has 1 aliphatic rings. The van der Waals surface area contributed by atoms with E-state index in [1.54, 1.807) is 11.3 Å². The van der Waals surface area contributed by atoms with Crippen molar-refractivity contribution in [3.8, 4) is 0 Å². The fraction of sp³-hybridized carbons (Fsp3) is 0.733. The Morgan fingerprint density at radius 1 is 1.55 bits per heavy atom. The second kappa shape index (κ2) is 6.68. The van der Waals surface area contributed by atoms with Crippen LogP contribution in [0.15, 0.2) is 0 Å². The van der Waals surface area contributed by atoms with Crippen LogP contribution in [0, 0.1) is 19.8 Å². The van der Waals surface area contributed by atoms with Crippen molar-refractivity contribution in [2.24, 2.45) is 5.92 Å². The van der Waals surface area contributed by atoms with Crippen molar-refractivity contribution in [1.29, 1.82) is 0 Å². The summed E-state index contributed by atoms with van der Waals surface area (Å²) in [6.45, 7) is 10.3. The molecule has 2 heterocycles. The summed E-state index contributed by atoms with van der Waals surface area (Å²) in [5.74, 6) is 0.804. The summed E-state index contributed by atoms with van der Waals surface area (Å²) in [5, 5.41) is 3.68. The number of aryl methyl sites for hydroxylation is 2. The van der Waals surface area contributed by atoms with Crippen molar-refractivity contribution >= 4 is 22.4 Å². The predicted octanol–water partition coefficient (Wildman–Crippen LogP) is 3.21. The van der Waals surface area contributed by atoms with Gasteiger partial charge in [-0.2, -0.15) is 0 Å². The SMILES string of the molecule is CCC1CCCN(C(C)C(=O)Nc2nc(C)c(C)s2)C1. The van der Waals surface area contributed by atoms with E-state index in [1.807, 2.05) is 20.8 Å². The predicted molar refractivity (Wildman–Crippen MR) is 84.3 cm³/mol. The molecular formula is C15H25N3OS. The number of aromatic nitrogens is 1. The first kappa shape index (κ1) is 15.4. The molecule has 5 heteroatoms. The highest BCUT2D eigenvalue weighted by Crippen LogP contribution is 2.23. The number of hydrogen-bond donors (Lipinski definition) is 1. The molecule has 1 saturated heterocycles. The highest BCUT2D eigenvalue weighted by molar-refractivity contribution is 7.15. The van der Waals surface area contributed by atoms with Crippen LogP contribution in [-0.2, 0) is 4.79 Å². The van der Waals surface area contributed by atoms with Crippen LogP contribution >= 0.6 is 11.3 Å². The summed E-state index contributed by atoms with van der Waals surface area (Å²) < 4.78 is 0. The van der Waals surface area contributed by atoms with Crippen LogP contribution in [0.4, 0.5) is 5.13 Å². The first-order chi connectivity index (χ1) is 9.51. The standard InChI is InChI=1S/C15H25N3OS/c1-5-13-7-6-8-18(9-13)11(3)14(19)17-15-16-10(2)12(4)20-15/h11,13H,5-9H2,1-4H3,(H,16,17,19). The molecule has 4 nitrogen and oxygen atoms in total. The highest BCUT2D eigenvalue weighted by Gasteiger charge is 2.27. The Bertz CT molecular complexity index is 452. The topological polar surface area (TPSA) is 45.2 Å². The van der Waals surface area contributed by atoms with Crippen LogP contribution in [0.25, 0.3) is 0 Å². The summed E-state index contributed by atoms with van der Waals surface area (Å²) in [5.41, 5.74) is 1.00. The van der Waals surface area contributed by atoms with Crippen LogP contribution in [0.3, 0.4) is 0 Å². The summed E-state index contributed by atoms with van der Waals surface area (Å²) in [6, 6.07) is -0.0751. The molecule has 1 aliphatic heterocycles. The molecule has 0 aliphatic carbocycles. The van der Waals surface area contributed by atoms with Crippen molar-refractivity contribution < 1.29 is 4.79 Å². The third-order valence-corrected chi connectivity index (χ3v) is 5.30. The van der Waals surface area contributed by atoms with Crippen molar-refractivity contribution in [2.75, 3.05) is 18.4 Å². The van der Waals surface area contributed by atoms with Crippen LogP contribution in [0.2, 0.25) is 0 Å². The number of nitrogens with one attached hydrogen (secondary N) is 1. The number of anilines is 1. The largest absolute Gasteiger partial charge is 0.301 e. The normalized spacial score (nSPS) is 21.7. The molecule has 1 aromatic heterocycles. The Balaban J connectivity index is 1.94. The van der Waals surface area contributed by atoms with Gasteiger partial charge >= 0.3 is 0 Å². The zero-order valence-electron chi connectivity index (χ0n) is 12.9. The van der Waals surface area contributed by atoms with E-state index < -0.39 is 0 Å². The minimum Gasteiger partial charge on any atom is -0.301 e. The molecule has 2 rings (SSSR count). The van der Waals surface area contributed by atoms with E-state index in [-0.39, 0.29) is 11.9 Å². The lowest BCUT2D eigenvalue weighted by Gasteiger charge is -2.35. The first-order valence-corrected chi connectivity index (χ1v) is 8.31. The quantitative estimate of drug-likeness (QED) is 0.927. The Kier molecular flexibility index (Phi) is 5.16. The molecule has 1 amide bonds. The molecule has 20 heavy (non-hydrogen) atoms. The molecular weight excluding hydrogens is 270 g/mol. The number of thiazole rings is 1. The van der Waals surface area contributed by atoms with Gasteiger partial charge in [0.25, 0.3) is 0 Å². The summed E-state index contributed by atoms with van der Waals surface area (Å²) in [4.78, 5) is 20.2. The van der Waals surface area contributed by atoms with E-state index in [0.717, 1.165) is 34.7 Å². The number of likely N-dealkylation sites (tertiary alicyclic amines) is 1. The smallest absolute Gasteiger partial charge is 0.243 e. The van der Waals surface area contributed by atoms with Gasteiger partial charge in [-0.1, -0.05) is 13.3 Å². The zero-order chi connectivity index (χ0) is 14.7. The lowest BCUT2D eigenvalue weighted by Crippen LogP contribution is -2.47. The number of rotatable bonds is 4. The van der Waals surface area contributed by atoms with E-state index in [2.05, 4.69) is 22.1 Å². The number of nitrogens with zero attached hydrogens (tertiary/aromatic N) is 2. The third kappa shape index (κ3) is 3.58. The van der Waals surface area contributed by atoms with Gasteiger partial charge in [-0.3, -0.25) is 9.69 Å². The fourth-order valence-electron chi connectivity index (χ4n) is 2.68. The van der Waals surface area contributed by atoms with E-state index in [4.69, 9.17) is 0 Å². The van der Waals surface area contributed by atoms with E-state index in [1.165, 1.54) is 19.3 Å². The Morgan fingerprint density at radius 3 is 2.90 bits per heavy atom. The van der Waals surface area contributed by atoms with Gasteiger partial charge in [-0.25, -0.2) is 4.98 Å². The van der Waals surface area contributed by atoms with Gasteiger partial charge in [-0.05, 0) is 46.1 Å². The minimum atomic E-state index is -0.0751. The van der Waals surface area contributed by atoms with Crippen LogP contribution in [-0.4, -0.2) is 34.9 Å². The van der Waals surface area contributed by atoms with Crippen LogP contribution in [0.5, 0.6) is 0 Å². The van der Waals surface area contributed by atoms with Gasteiger partial charge in [0.05, 0.1) is 11.7 Å². The monoisotopic (exact) mass is 295 g/mol. The Labute approximate surface area is 125 Å². The second-order valence-electron chi connectivity index (χ2n) is 5.74. The van der Waals surface area contributed by atoms with Gasteiger partial charge < -0.3 is 5.32 Å². The van der Waals surface area contributed by atoms with Crippen LogP contribution in [0.1, 0.15) is 43.7 Å². The Morgan fingerprint density at radius 2 is 2.30 bits per heavy atom. The van der Waals surface area contributed by atoms with Crippen molar-refractivity contribution in [1.82, 2.24) is 9.88 Å². The van der Waals surface area contributed by atoms with E-state index in [9.17, 15) is 4.79 Å². The second-order valence-corrected chi connectivity index (χ2v) is 6.94. The van der Waals surface area contributed by atoms with Gasteiger partial charge in [0.1, 0.15) is 0 Å². The average Bonchev–Trinajstić information content (AvgIpc) is 2.76. The van der Waals surface area contributed by atoms with E-state index in [0.29, 0.717) is 0 Å². The number of amides is 1. The molecule has 1 aromatic rings. The number of carbonyl (C=O) groups excluding carboxylic acids is 1. The molecule has 0 radical (unpaired) electrons. The summed E-state index contributed by atoms with van der Waals surface area (Å²) >= 11 is 1.55. The molecule has 112 valence electrons. The van der Waals surface area contributed by atoms with Gasteiger partial charge in [0.2, 0.25) is 5.91 Å². The number of hydrogen-bond acceptors (Lipinski definition) is 4. The molecule has 2 atom stereocenters. The maximum atomic E-state index is 12.3. The molecule has 0 aromatic carbocycles. The first-order valence-electron chi connectivity index (χ1n) is 7.50.